The van der Waals surface area contributed by atoms with Crippen LogP contribution in [0.5, 0.6) is 5.75 Å². The maximum atomic E-state index is 12.7. The molecule has 1 aliphatic heterocycles. The summed E-state index contributed by atoms with van der Waals surface area (Å²) in [6.45, 7) is 7.00. The van der Waals surface area contributed by atoms with Gasteiger partial charge in [0.1, 0.15) is 5.75 Å². The fourth-order valence-electron chi connectivity index (χ4n) is 3.66. The van der Waals surface area contributed by atoms with Crippen LogP contribution < -0.4 is 15.0 Å². The first-order chi connectivity index (χ1) is 15.2. The summed E-state index contributed by atoms with van der Waals surface area (Å²) < 4.78 is 5.33. The molecule has 1 aliphatic rings. The van der Waals surface area contributed by atoms with Gasteiger partial charge >= 0.3 is 0 Å². The minimum Gasteiger partial charge on any atom is -0.497 e. The summed E-state index contributed by atoms with van der Waals surface area (Å²) in [7, 11) is 1.67. The Kier molecular flexibility index (Phi) is 6.84. The molecule has 6 nitrogen and oxygen atoms in total. The molecule has 0 radical (unpaired) electrons. The minimum absolute atomic E-state index is 0.114. The number of hydrogen-bond acceptors (Lipinski definition) is 6. The van der Waals surface area contributed by atoms with Crippen molar-refractivity contribution in [1.29, 1.82) is 0 Å². The van der Waals surface area contributed by atoms with E-state index in [0.29, 0.717) is 0 Å². The first-order valence-electron chi connectivity index (χ1n) is 10.6. The molecule has 3 aromatic rings. The molecule has 0 spiro atoms. The summed E-state index contributed by atoms with van der Waals surface area (Å²) in [6.07, 6.45) is 0. The molecular weight excluding hydrogens is 408 g/mol. The SMILES string of the molecule is CCN(Cc1ccc(C(=O)N2CCNCC2)cc1)c1nc(-c2cccc(OC)c2)cs1. The maximum Gasteiger partial charge on any atom is 0.253 e. The van der Waals surface area contributed by atoms with Crippen LogP contribution in [0.1, 0.15) is 22.8 Å². The number of aromatic nitrogens is 1. The third kappa shape index (κ3) is 5.06. The summed E-state index contributed by atoms with van der Waals surface area (Å²) in [5.74, 6) is 0.943. The molecule has 1 aromatic heterocycles. The van der Waals surface area contributed by atoms with E-state index >= 15 is 0 Å². The van der Waals surface area contributed by atoms with E-state index in [0.717, 1.165) is 72.5 Å². The number of anilines is 1. The van der Waals surface area contributed by atoms with Crippen LogP contribution in [-0.2, 0) is 6.54 Å². The standard InChI is InChI=1S/C24H28N4O2S/c1-3-27(24-26-22(17-31-24)20-5-4-6-21(15-20)30-2)16-18-7-9-19(10-8-18)23(29)28-13-11-25-12-14-28/h4-10,15,17,25H,3,11-14,16H2,1-2H3. The van der Waals surface area contributed by atoms with E-state index < -0.39 is 0 Å². The first-order valence-corrected chi connectivity index (χ1v) is 11.5. The van der Waals surface area contributed by atoms with Crippen molar-refractivity contribution in [2.75, 3.05) is 44.7 Å². The lowest BCUT2D eigenvalue weighted by Gasteiger charge is -2.27. The van der Waals surface area contributed by atoms with Gasteiger partial charge in [0.25, 0.3) is 5.91 Å². The Hall–Kier alpha value is -2.90. The van der Waals surface area contributed by atoms with Crippen molar-refractivity contribution >= 4 is 22.4 Å². The van der Waals surface area contributed by atoms with Gasteiger partial charge in [0.2, 0.25) is 0 Å². The number of carbonyl (C=O) groups excluding carboxylic acids is 1. The monoisotopic (exact) mass is 436 g/mol. The van der Waals surface area contributed by atoms with E-state index in [2.05, 4.69) is 34.7 Å². The third-order valence-electron chi connectivity index (χ3n) is 5.49. The molecule has 1 amide bonds. The largest absolute Gasteiger partial charge is 0.497 e. The highest BCUT2D eigenvalue weighted by Gasteiger charge is 2.18. The summed E-state index contributed by atoms with van der Waals surface area (Å²) in [6, 6.07) is 16.0. The van der Waals surface area contributed by atoms with Gasteiger partial charge in [0.15, 0.2) is 5.13 Å². The van der Waals surface area contributed by atoms with E-state index in [1.54, 1.807) is 18.4 Å². The number of piperazine rings is 1. The zero-order chi connectivity index (χ0) is 21.6. The van der Waals surface area contributed by atoms with Gasteiger partial charge in [-0.05, 0) is 36.8 Å². The van der Waals surface area contributed by atoms with Crippen molar-refractivity contribution in [3.8, 4) is 17.0 Å². The molecule has 1 N–H and O–H groups in total. The topological polar surface area (TPSA) is 57.7 Å². The normalized spacial score (nSPS) is 13.8. The number of carbonyl (C=O) groups is 1. The Balaban J connectivity index is 1.44. The van der Waals surface area contributed by atoms with Crippen LogP contribution in [0.2, 0.25) is 0 Å². The predicted molar refractivity (Wildman–Crippen MR) is 126 cm³/mol. The second-order valence-corrected chi connectivity index (χ2v) is 8.34. The number of methoxy groups -OCH3 is 1. The van der Waals surface area contributed by atoms with Crippen molar-refractivity contribution in [1.82, 2.24) is 15.2 Å². The zero-order valence-corrected chi connectivity index (χ0v) is 18.8. The maximum absolute atomic E-state index is 12.7. The Labute approximate surface area is 187 Å². The number of amides is 1. The number of thiazole rings is 1. The Bertz CT molecular complexity index is 1010. The smallest absolute Gasteiger partial charge is 0.253 e. The highest BCUT2D eigenvalue weighted by Crippen LogP contribution is 2.30. The fraction of sp³-hybridized carbons (Fsp3) is 0.333. The van der Waals surface area contributed by atoms with Crippen LogP contribution in [0, 0.1) is 0 Å². The van der Waals surface area contributed by atoms with Gasteiger partial charge in [-0.1, -0.05) is 24.3 Å². The van der Waals surface area contributed by atoms with E-state index in [-0.39, 0.29) is 5.91 Å². The molecule has 2 aromatic carbocycles. The van der Waals surface area contributed by atoms with Crippen LogP contribution in [0.15, 0.2) is 53.9 Å². The second kappa shape index (κ2) is 9.94. The molecule has 7 heteroatoms. The number of nitrogens with zero attached hydrogens (tertiary/aromatic N) is 3. The van der Waals surface area contributed by atoms with E-state index in [1.165, 1.54) is 0 Å². The molecule has 162 valence electrons. The number of benzene rings is 2. The van der Waals surface area contributed by atoms with Gasteiger partial charge in [-0.2, -0.15) is 0 Å². The fourth-order valence-corrected chi connectivity index (χ4v) is 4.56. The number of hydrogen-bond donors (Lipinski definition) is 1. The van der Waals surface area contributed by atoms with Crippen LogP contribution >= 0.6 is 11.3 Å². The molecule has 1 fully saturated rings. The lowest BCUT2D eigenvalue weighted by molar-refractivity contribution is 0.0736. The summed E-state index contributed by atoms with van der Waals surface area (Å²) in [5, 5.41) is 6.35. The minimum atomic E-state index is 0.114. The van der Waals surface area contributed by atoms with Gasteiger partial charge in [0, 0.05) is 55.8 Å². The molecule has 4 rings (SSSR count). The summed E-state index contributed by atoms with van der Waals surface area (Å²) in [5.41, 5.74) is 3.92. The van der Waals surface area contributed by atoms with Crippen LogP contribution in [0.3, 0.4) is 0 Å². The Morgan fingerprint density at radius 1 is 1.19 bits per heavy atom. The Morgan fingerprint density at radius 3 is 2.68 bits per heavy atom. The van der Waals surface area contributed by atoms with E-state index in [9.17, 15) is 4.79 Å². The van der Waals surface area contributed by atoms with Crippen molar-refractivity contribution in [2.24, 2.45) is 0 Å². The van der Waals surface area contributed by atoms with Gasteiger partial charge in [-0.3, -0.25) is 4.79 Å². The van der Waals surface area contributed by atoms with Crippen molar-refractivity contribution < 1.29 is 9.53 Å². The van der Waals surface area contributed by atoms with Gasteiger partial charge in [-0.25, -0.2) is 4.98 Å². The van der Waals surface area contributed by atoms with E-state index in [4.69, 9.17) is 9.72 Å². The van der Waals surface area contributed by atoms with Crippen LogP contribution in [-0.4, -0.2) is 55.6 Å². The average Bonchev–Trinajstić information content (AvgIpc) is 3.33. The number of ether oxygens (including phenoxy) is 1. The Morgan fingerprint density at radius 2 is 1.97 bits per heavy atom. The molecule has 0 saturated carbocycles. The molecule has 0 bridgehead atoms. The average molecular weight is 437 g/mol. The highest BCUT2D eigenvalue weighted by molar-refractivity contribution is 7.14. The zero-order valence-electron chi connectivity index (χ0n) is 18.0. The number of rotatable bonds is 7. The van der Waals surface area contributed by atoms with E-state index in [1.807, 2.05) is 41.3 Å². The number of nitrogens with one attached hydrogen (secondary N) is 1. The lowest BCUT2D eigenvalue weighted by Crippen LogP contribution is -2.46. The van der Waals surface area contributed by atoms with Crippen molar-refractivity contribution in [2.45, 2.75) is 13.5 Å². The lowest BCUT2D eigenvalue weighted by atomic mass is 10.1. The molecule has 0 aliphatic carbocycles. The molecule has 0 unspecified atom stereocenters. The van der Waals surface area contributed by atoms with Crippen LogP contribution in [0.25, 0.3) is 11.3 Å². The summed E-state index contributed by atoms with van der Waals surface area (Å²) >= 11 is 1.64. The molecule has 31 heavy (non-hydrogen) atoms. The molecule has 0 atom stereocenters. The van der Waals surface area contributed by atoms with Gasteiger partial charge < -0.3 is 19.9 Å². The third-order valence-corrected chi connectivity index (χ3v) is 6.39. The van der Waals surface area contributed by atoms with Crippen LogP contribution in [0.4, 0.5) is 5.13 Å². The van der Waals surface area contributed by atoms with Gasteiger partial charge in [-0.15, -0.1) is 11.3 Å². The molecule has 1 saturated heterocycles. The molecule has 2 heterocycles. The molecular formula is C24H28N4O2S. The first kappa shape index (κ1) is 21.3. The quantitative estimate of drug-likeness (QED) is 0.609. The second-order valence-electron chi connectivity index (χ2n) is 7.50. The van der Waals surface area contributed by atoms with Gasteiger partial charge in [0.05, 0.1) is 12.8 Å². The highest BCUT2D eigenvalue weighted by atomic mass is 32.1. The van der Waals surface area contributed by atoms with Crippen molar-refractivity contribution in [3.63, 3.8) is 0 Å². The van der Waals surface area contributed by atoms with Crippen molar-refractivity contribution in [3.05, 3.63) is 65.0 Å². The summed E-state index contributed by atoms with van der Waals surface area (Å²) in [4.78, 5) is 21.7. The predicted octanol–water partition coefficient (Wildman–Crippen LogP) is 3.89.